The highest BCUT2D eigenvalue weighted by molar-refractivity contribution is 5.84. The number of benzene rings is 1. The lowest BCUT2D eigenvalue weighted by Crippen LogP contribution is -3.15. The predicted molar refractivity (Wildman–Crippen MR) is 102 cm³/mol. The first kappa shape index (κ1) is 18.4. The molecule has 6 heteroatoms. The zero-order chi connectivity index (χ0) is 18.5. The van der Waals surface area contributed by atoms with Crippen molar-refractivity contribution >= 4 is 12.1 Å². The summed E-state index contributed by atoms with van der Waals surface area (Å²) in [5, 5.41) is 4.15. The lowest BCUT2D eigenvalue weighted by atomic mass is 10.2. The number of ether oxygens (including phenoxy) is 1. The number of amides is 1. The minimum atomic E-state index is -0.0642. The molecule has 2 N–H and O–H groups in total. The number of nitrogens with zero attached hydrogens (tertiary/aromatic N) is 2. The van der Waals surface area contributed by atoms with Gasteiger partial charge in [0.15, 0.2) is 6.54 Å². The van der Waals surface area contributed by atoms with Crippen LogP contribution in [0.2, 0.25) is 0 Å². The van der Waals surface area contributed by atoms with Gasteiger partial charge in [0.05, 0.1) is 19.4 Å². The molecule has 0 radical (unpaired) electrons. The van der Waals surface area contributed by atoms with E-state index in [1.807, 2.05) is 0 Å². The fourth-order valence-corrected chi connectivity index (χ4v) is 3.36. The number of hydrogen-bond acceptors (Lipinski definition) is 3. The molecule has 138 valence electrons. The van der Waals surface area contributed by atoms with Gasteiger partial charge < -0.3 is 14.2 Å². The van der Waals surface area contributed by atoms with Gasteiger partial charge in [0, 0.05) is 22.6 Å². The molecule has 0 atom stereocenters. The Morgan fingerprint density at radius 1 is 1.27 bits per heavy atom. The van der Waals surface area contributed by atoms with E-state index in [0.29, 0.717) is 6.54 Å². The second kappa shape index (κ2) is 8.29. The van der Waals surface area contributed by atoms with Gasteiger partial charge >= 0.3 is 0 Å². The maximum absolute atomic E-state index is 12.0. The van der Waals surface area contributed by atoms with Gasteiger partial charge in [-0.05, 0) is 44.5 Å². The van der Waals surface area contributed by atoms with Crippen molar-refractivity contribution in [3.05, 3.63) is 52.8 Å². The summed E-state index contributed by atoms with van der Waals surface area (Å²) in [6.45, 7) is 9.84. The number of rotatable bonds is 5. The standard InChI is InChI=1S/C20H26N4O2/c1-15-5-4-6-19(11-15)24-16(2)12-18(17(24)3)13-21-22-20(25)14-23-7-9-26-10-8-23/h4-6,11-13H,7-10,14H2,1-3H3,(H,22,25)/p+1/b21-13-. The summed E-state index contributed by atoms with van der Waals surface area (Å²) in [7, 11) is 0. The summed E-state index contributed by atoms with van der Waals surface area (Å²) in [4.78, 5) is 13.3. The molecular weight excluding hydrogens is 328 g/mol. The Bertz CT molecular complexity index is 804. The number of carbonyl (C=O) groups is 1. The van der Waals surface area contributed by atoms with Crippen LogP contribution < -0.4 is 10.3 Å². The fourth-order valence-electron chi connectivity index (χ4n) is 3.36. The van der Waals surface area contributed by atoms with E-state index >= 15 is 0 Å². The summed E-state index contributed by atoms with van der Waals surface area (Å²) in [6.07, 6.45) is 1.72. The molecule has 1 aliphatic rings. The van der Waals surface area contributed by atoms with Crippen molar-refractivity contribution in [2.45, 2.75) is 20.8 Å². The Morgan fingerprint density at radius 3 is 2.77 bits per heavy atom. The number of aryl methyl sites for hydroxylation is 2. The van der Waals surface area contributed by atoms with Crippen molar-refractivity contribution in [3.63, 3.8) is 0 Å². The molecule has 6 nitrogen and oxygen atoms in total. The molecule has 0 unspecified atom stereocenters. The van der Waals surface area contributed by atoms with Gasteiger partial charge in [0.1, 0.15) is 13.1 Å². The average molecular weight is 355 g/mol. The van der Waals surface area contributed by atoms with Crippen LogP contribution in [0, 0.1) is 20.8 Å². The van der Waals surface area contributed by atoms with Crippen LogP contribution in [0.15, 0.2) is 35.4 Å². The maximum atomic E-state index is 12.0. The SMILES string of the molecule is Cc1cccc(-n2c(C)cc(/C=N\NC(=O)C[NH+]3CCOCC3)c2C)c1. The normalized spacial score (nSPS) is 15.5. The Labute approximate surface area is 154 Å². The lowest BCUT2D eigenvalue weighted by molar-refractivity contribution is -0.900. The average Bonchev–Trinajstić information content (AvgIpc) is 2.89. The first-order valence-electron chi connectivity index (χ1n) is 9.04. The summed E-state index contributed by atoms with van der Waals surface area (Å²) in [5.41, 5.74) is 8.25. The summed E-state index contributed by atoms with van der Waals surface area (Å²) in [5.74, 6) is -0.0642. The van der Waals surface area contributed by atoms with Crippen LogP contribution in [0.4, 0.5) is 0 Å². The van der Waals surface area contributed by atoms with Gasteiger partial charge in [-0.3, -0.25) is 4.79 Å². The summed E-state index contributed by atoms with van der Waals surface area (Å²) < 4.78 is 7.51. The molecule has 0 spiro atoms. The smallest absolute Gasteiger partial charge is 0.295 e. The third-order valence-corrected chi connectivity index (χ3v) is 4.73. The Morgan fingerprint density at radius 2 is 2.04 bits per heavy atom. The van der Waals surface area contributed by atoms with E-state index in [1.54, 1.807) is 6.21 Å². The number of quaternary nitrogens is 1. The van der Waals surface area contributed by atoms with Crippen molar-refractivity contribution in [1.82, 2.24) is 9.99 Å². The third kappa shape index (κ3) is 4.39. The Kier molecular flexibility index (Phi) is 5.85. The first-order valence-corrected chi connectivity index (χ1v) is 9.04. The van der Waals surface area contributed by atoms with Crippen LogP contribution in [0.25, 0.3) is 5.69 Å². The van der Waals surface area contributed by atoms with Crippen LogP contribution in [0.5, 0.6) is 0 Å². The minimum Gasteiger partial charge on any atom is -0.370 e. The van der Waals surface area contributed by atoms with E-state index in [-0.39, 0.29) is 5.91 Å². The van der Waals surface area contributed by atoms with E-state index in [1.165, 1.54) is 10.5 Å². The van der Waals surface area contributed by atoms with Gasteiger partial charge in [0.25, 0.3) is 5.91 Å². The fraction of sp³-hybridized carbons (Fsp3) is 0.400. The molecule has 1 aromatic carbocycles. The van der Waals surface area contributed by atoms with E-state index in [0.717, 1.165) is 48.9 Å². The molecule has 1 aromatic heterocycles. The second-order valence-corrected chi connectivity index (χ2v) is 6.83. The quantitative estimate of drug-likeness (QED) is 0.615. The van der Waals surface area contributed by atoms with E-state index < -0.39 is 0 Å². The monoisotopic (exact) mass is 355 g/mol. The van der Waals surface area contributed by atoms with Gasteiger partial charge in [0.2, 0.25) is 0 Å². The van der Waals surface area contributed by atoms with Crippen molar-refractivity contribution in [2.24, 2.45) is 5.10 Å². The molecule has 1 saturated heterocycles. The summed E-state index contributed by atoms with van der Waals surface area (Å²) in [6, 6.07) is 10.5. The molecule has 0 saturated carbocycles. The molecule has 0 bridgehead atoms. The zero-order valence-corrected chi connectivity index (χ0v) is 15.7. The molecule has 0 aliphatic carbocycles. The topological polar surface area (TPSA) is 60.1 Å². The zero-order valence-electron chi connectivity index (χ0n) is 15.7. The summed E-state index contributed by atoms with van der Waals surface area (Å²) >= 11 is 0. The predicted octanol–water partition coefficient (Wildman–Crippen LogP) is 0.768. The van der Waals surface area contributed by atoms with E-state index in [9.17, 15) is 4.79 Å². The number of aromatic nitrogens is 1. The van der Waals surface area contributed by atoms with Crippen molar-refractivity contribution in [2.75, 3.05) is 32.8 Å². The molecule has 1 amide bonds. The molecular formula is C20H27N4O2+. The number of carbonyl (C=O) groups excluding carboxylic acids is 1. The molecule has 3 rings (SSSR count). The van der Waals surface area contributed by atoms with Crippen LogP contribution in [0.3, 0.4) is 0 Å². The maximum Gasteiger partial charge on any atom is 0.295 e. The Balaban J connectivity index is 1.65. The van der Waals surface area contributed by atoms with Crippen molar-refractivity contribution in [3.8, 4) is 5.69 Å². The highest BCUT2D eigenvalue weighted by Gasteiger charge is 2.17. The molecule has 2 heterocycles. The highest BCUT2D eigenvalue weighted by atomic mass is 16.5. The van der Waals surface area contributed by atoms with Gasteiger partial charge in [-0.25, -0.2) is 5.43 Å². The van der Waals surface area contributed by atoms with Crippen LogP contribution >= 0.6 is 0 Å². The highest BCUT2D eigenvalue weighted by Crippen LogP contribution is 2.20. The van der Waals surface area contributed by atoms with Crippen LogP contribution in [0.1, 0.15) is 22.5 Å². The lowest BCUT2D eigenvalue weighted by Gasteiger charge is -2.22. The first-order chi connectivity index (χ1) is 12.5. The van der Waals surface area contributed by atoms with Crippen molar-refractivity contribution < 1.29 is 14.4 Å². The number of hydrazone groups is 1. The van der Waals surface area contributed by atoms with Gasteiger partial charge in [-0.15, -0.1) is 0 Å². The Hall–Kier alpha value is -2.44. The molecule has 1 fully saturated rings. The number of nitrogens with one attached hydrogen (secondary N) is 2. The molecule has 26 heavy (non-hydrogen) atoms. The van der Waals surface area contributed by atoms with Gasteiger partial charge in [-0.1, -0.05) is 12.1 Å². The van der Waals surface area contributed by atoms with E-state index in [2.05, 4.69) is 66.2 Å². The molecule has 1 aliphatic heterocycles. The minimum absolute atomic E-state index is 0.0642. The second-order valence-electron chi connectivity index (χ2n) is 6.83. The number of morpholine rings is 1. The van der Waals surface area contributed by atoms with Crippen LogP contribution in [-0.4, -0.2) is 49.5 Å². The van der Waals surface area contributed by atoms with Gasteiger partial charge in [-0.2, -0.15) is 5.10 Å². The molecule has 2 aromatic rings. The third-order valence-electron chi connectivity index (χ3n) is 4.73. The van der Waals surface area contributed by atoms with Crippen LogP contribution in [-0.2, 0) is 9.53 Å². The number of hydrogen-bond donors (Lipinski definition) is 2. The van der Waals surface area contributed by atoms with E-state index in [4.69, 9.17) is 4.74 Å². The largest absolute Gasteiger partial charge is 0.370 e. The van der Waals surface area contributed by atoms with Crippen molar-refractivity contribution in [1.29, 1.82) is 0 Å².